The maximum absolute atomic E-state index is 6.29. The molecule has 4 atom stereocenters. The third-order valence-corrected chi connectivity index (χ3v) is 3.56. The van der Waals surface area contributed by atoms with Gasteiger partial charge >= 0.3 is 0 Å². The van der Waals surface area contributed by atoms with Gasteiger partial charge in [-0.15, -0.1) is 0 Å². The van der Waals surface area contributed by atoms with Gasteiger partial charge in [0.05, 0.1) is 6.10 Å². The van der Waals surface area contributed by atoms with E-state index in [1.165, 1.54) is 12.8 Å². The number of nitrogens with two attached hydrogens (primary N) is 1. The molecule has 0 aromatic heterocycles. The zero-order valence-electron chi connectivity index (χ0n) is 9.83. The summed E-state index contributed by atoms with van der Waals surface area (Å²) in [6.45, 7) is 7.61. The molecule has 0 radical (unpaired) electrons. The third kappa shape index (κ3) is 2.71. The summed E-state index contributed by atoms with van der Waals surface area (Å²) in [6.07, 6.45) is 5.17. The van der Waals surface area contributed by atoms with Crippen LogP contribution in [0.15, 0.2) is 0 Å². The highest BCUT2D eigenvalue weighted by Gasteiger charge is 2.33. The molecule has 0 aromatic carbocycles. The van der Waals surface area contributed by atoms with Gasteiger partial charge in [-0.2, -0.15) is 0 Å². The van der Waals surface area contributed by atoms with Crippen LogP contribution in [0.3, 0.4) is 0 Å². The Balaban J connectivity index is 2.45. The standard InChI is InChI=1S/C12H25NO/c1-4-6-9(3)12(13)10-7-8-14-11(10)5-2/h9-12H,4-8,13H2,1-3H3. The molecule has 1 heterocycles. The summed E-state index contributed by atoms with van der Waals surface area (Å²) in [6, 6.07) is 0.336. The lowest BCUT2D eigenvalue weighted by atomic mass is 9.83. The zero-order valence-corrected chi connectivity index (χ0v) is 9.83. The Morgan fingerprint density at radius 2 is 2.14 bits per heavy atom. The highest BCUT2D eigenvalue weighted by molar-refractivity contribution is 4.86. The molecule has 0 amide bonds. The topological polar surface area (TPSA) is 35.2 Å². The van der Waals surface area contributed by atoms with E-state index in [0.717, 1.165) is 19.4 Å². The first kappa shape index (κ1) is 12.0. The smallest absolute Gasteiger partial charge is 0.0616 e. The molecule has 84 valence electrons. The monoisotopic (exact) mass is 199 g/mol. The third-order valence-electron chi connectivity index (χ3n) is 3.56. The quantitative estimate of drug-likeness (QED) is 0.738. The zero-order chi connectivity index (χ0) is 10.6. The van der Waals surface area contributed by atoms with Gasteiger partial charge in [-0.05, 0) is 25.2 Å². The first-order chi connectivity index (χ1) is 6.70. The lowest BCUT2D eigenvalue weighted by molar-refractivity contribution is 0.0754. The predicted molar refractivity (Wildman–Crippen MR) is 60.2 cm³/mol. The molecule has 1 fully saturated rings. The van der Waals surface area contributed by atoms with Crippen LogP contribution in [-0.2, 0) is 4.74 Å². The van der Waals surface area contributed by atoms with Crippen molar-refractivity contribution in [3.63, 3.8) is 0 Å². The van der Waals surface area contributed by atoms with E-state index < -0.39 is 0 Å². The first-order valence-electron chi connectivity index (χ1n) is 6.07. The molecule has 2 nitrogen and oxygen atoms in total. The lowest BCUT2D eigenvalue weighted by Gasteiger charge is -2.28. The van der Waals surface area contributed by atoms with Crippen LogP contribution in [0.5, 0.6) is 0 Å². The van der Waals surface area contributed by atoms with Crippen LogP contribution in [0, 0.1) is 11.8 Å². The summed E-state index contributed by atoms with van der Waals surface area (Å²) in [5.74, 6) is 1.24. The molecule has 2 N–H and O–H groups in total. The summed E-state index contributed by atoms with van der Waals surface area (Å²) in [5, 5.41) is 0. The first-order valence-corrected chi connectivity index (χ1v) is 6.07. The van der Waals surface area contributed by atoms with E-state index in [4.69, 9.17) is 10.5 Å². The van der Waals surface area contributed by atoms with Gasteiger partial charge in [-0.3, -0.25) is 0 Å². The molecule has 1 aliphatic heterocycles. The summed E-state index contributed by atoms with van der Waals surface area (Å²) in [4.78, 5) is 0. The minimum Gasteiger partial charge on any atom is -0.378 e. The Morgan fingerprint density at radius 3 is 2.71 bits per heavy atom. The van der Waals surface area contributed by atoms with Crippen molar-refractivity contribution in [2.45, 2.75) is 58.6 Å². The largest absolute Gasteiger partial charge is 0.378 e. The average molecular weight is 199 g/mol. The second-order valence-electron chi connectivity index (χ2n) is 4.61. The van der Waals surface area contributed by atoms with Gasteiger partial charge in [0.2, 0.25) is 0 Å². The number of ether oxygens (including phenoxy) is 1. The van der Waals surface area contributed by atoms with Crippen LogP contribution >= 0.6 is 0 Å². The molecule has 1 saturated heterocycles. The molecule has 4 unspecified atom stereocenters. The highest BCUT2D eigenvalue weighted by atomic mass is 16.5. The van der Waals surface area contributed by atoms with Gasteiger partial charge in [0.1, 0.15) is 0 Å². The predicted octanol–water partition coefficient (Wildman–Crippen LogP) is 2.57. The van der Waals surface area contributed by atoms with Crippen molar-refractivity contribution in [3.8, 4) is 0 Å². The van der Waals surface area contributed by atoms with Crippen LogP contribution in [0.25, 0.3) is 0 Å². The lowest BCUT2D eigenvalue weighted by Crippen LogP contribution is -2.40. The van der Waals surface area contributed by atoms with Crippen molar-refractivity contribution < 1.29 is 4.74 Å². The van der Waals surface area contributed by atoms with Crippen LogP contribution in [0.2, 0.25) is 0 Å². The van der Waals surface area contributed by atoms with Gasteiger partial charge in [-0.25, -0.2) is 0 Å². The Kier molecular flexibility index (Phi) is 4.90. The summed E-state index contributed by atoms with van der Waals surface area (Å²) < 4.78 is 5.68. The SMILES string of the molecule is CCCC(C)C(N)C1CCOC1CC. The van der Waals surface area contributed by atoms with E-state index in [-0.39, 0.29) is 0 Å². The van der Waals surface area contributed by atoms with E-state index in [9.17, 15) is 0 Å². The Hall–Kier alpha value is -0.0800. The van der Waals surface area contributed by atoms with E-state index in [1.54, 1.807) is 0 Å². The minimum absolute atomic E-state index is 0.336. The second kappa shape index (κ2) is 5.72. The summed E-state index contributed by atoms with van der Waals surface area (Å²) in [7, 11) is 0. The Labute approximate surface area is 88.2 Å². The second-order valence-corrected chi connectivity index (χ2v) is 4.61. The molecule has 1 rings (SSSR count). The fraction of sp³-hybridized carbons (Fsp3) is 1.00. The highest BCUT2D eigenvalue weighted by Crippen LogP contribution is 2.29. The van der Waals surface area contributed by atoms with Crippen molar-refractivity contribution in [3.05, 3.63) is 0 Å². The van der Waals surface area contributed by atoms with Crippen LogP contribution in [0.4, 0.5) is 0 Å². The number of rotatable bonds is 5. The van der Waals surface area contributed by atoms with E-state index in [0.29, 0.717) is 24.0 Å². The normalized spacial score (nSPS) is 31.7. The molecular weight excluding hydrogens is 174 g/mol. The summed E-state index contributed by atoms with van der Waals surface area (Å²) in [5.41, 5.74) is 6.29. The molecule has 14 heavy (non-hydrogen) atoms. The van der Waals surface area contributed by atoms with Crippen molar-refractivity contribution >= 4 is 0 Å². The van der Waals surface area contributed by atoms with Gasteiger partial charge < -0.3 is 10.5 Å². The number of hydrogen-bond donors (Lipinski definition) is 1. The molecule has 0 spiro atoms. The Bertz CT molecular complexity index is 160. The van der Waals surface area contributed by atoms with Gasteiger partial charge in [0, 0.05) is 18.6 Å². The maximum atomic E-state index is 6.29. The molecule has 0 bridgehead atoms. The van der Waals surface area contributed by atoms with Crippen molar-refractivity contribution in [2.75, 3.05) is 6.61 Å². The van der Waals surface area contributed by atoms with Gasteiger partial charge in [0.15, 0.2) is 0 Å². The average Bonchev–Trinajstić information content (AvgIpc) is 2.64. The van der Waals surface area contributed by atoms with E-state index in [1.807, 2.05) is 0 Å². The van der Waals surface area contributed by atoms with E-state index >= 15 is 0 Å². The fourth-order valence-corrected chi connectivity index (χ4v) is 2.60. The summed E-state index contributed by atoms with van der Waals surface area (Å²) >= 11 is 0. The molecular formula is C12H25NO. The molecule has 0 aromatic rings. The minimum atomic E-state index is 0.336. The van der Waals surface area contributed by atoms with Crippen molar-refractivity contribution in [1.29, 1.82) is 0 Å². The fourth-order valence-electron chi connectivity index (χ4n) is 2.60. The van der Waals surface area contributed by atoms with Crippen molar-refractivity contribution in [2.24, 2.45) is 17.6 Å². The van der Waals surface area contributed by atoms with Gasteiger partial charge in [-0.1, -0.05) is 27.2 Å². The molecule has 1 aliphatic rings. The Morgan fingerprint density at radius 1 is 1.43 bits per heavy atom. The van der Waals surface area contributed by atoms with E-state index in [2.05, 4.69) is 20.8 Å². The maximum Gasteiger partial charge on any atom is 0.0616 e. The van der Waals surface area contributed by atoms with Crippen molar-refractivity contribution in [1.82, 2.24) is 0 Å². The van der Waals surface area contributed by atoms with Crippen LogP contribution in [0.1, 0.15) is 46.5 Å². The van der Waals surface area contributed by atoms with Gasteiger partial charge in [0.25, 0.3) is 0 Å². The number of hydrogen-bond acceptors (Lipinski definition) is 2. The molecule has 2 heteroatoms. The van der Waals surface area contributed by atoms with Crippen LogP contribution < -0.4 is 5.73 Å². The van der Waals surface area contributed by atoms with Crippen LogP contribution in [-0.4, -0.2) is 18.8 Å². The molecule has 0 saturated carbocycles. The molecule has 0 aliphatic carbocycles.